The van der Waals surface area contributed by atoms with Crippen LogP contribution in [0.5, 0.6) is 0 Å². The van der Waals surface area contributed by atoms with Crippen LogP contribution < -0.4 is 5.32 Å². The fourth-order valence-corrected chi connectivity index (χ4v) is 2.91. The molecule has 1 saturated carbocycles. The lowest BCUT2D eigenvalue weighted by atomic mass is 9.95. The second kappa shape index (κ2) is 6.92. The summed E-state index contributed by atoms with van der Waals surface area (Å²) < 4.78 is 0. The average Bonchev–Trinajstić information content (AvgIpc) is 2.64. The molecule has 1 fully saturated rings. The highest BCUT2D eigenvalue weighted by atomic mass is 35.5. The molecule has 1 amide bonds. The first-order valence-corrected chi connectivity index (χ1v) is 7.26. The normalized spacial score (nSPS) is 23.7. The van der Waals surface area contributed by atoms with Crippen LogP contribution in [0, 0.1) is 5.92 Å². The molecule has 104 valence electrons. The number of aliphatic hydroxyl groups is 1. The maximum Gasteiger partial charge on any atom is 0.253 e. The van der Waals surface area contributed by atoms with Crippen molar-refractivity contribution in [3.63, 3.8) is 0 Å². The molecule has 3 nitrogen and oxygen atoms in total. The van der Waals surface area contributed by atoms with Gasteiger partial charge in [0.15, 0.2) is 0 Å². The number of benzene rings is 1. The molecule has 0 bridgehead atoms. The second-order valence-electron chi connectivity index (χ2n) is 5.14. The lowest BCUT2D eigenvalue weighted by Gasteiger charge is -2.24. The Bertz CT molecular complexity index is 436. The number of hydrogen-bond acceptors (Lipinski definition) is 2. The Hall–Kier alpha value is -1.06. The molecule has 1 aromatic rings. The van der Waals surface area contributed by atoms with E-state index < -0.39 is 0 Å². The van der Waals surface area contributed by atoms with Crippen molar-refractivity contribution >= 4 is 17.5 Å². The zero-order valence-corrected chi connectivity index (χ0v) is 11.7. The number of aliphatic hydroxyl groups excluding tert-OH is 1. The number of amides is 1. The highest BCUT2D eigenvalue weighted by molar-refractivity contribution is 6.33. The van der Waals surface area contributed by atoms with Gasteiger partial charge in [0, 0.05) is 18.6 Å². The fraction of sp³-hybridized carbons (Fsp3) is 0.533. The van der Waals surface area contributed by atoms with Crippen molar-refractivity contribution in [3.05, 3.63) is 34.9 Å². The number of rotatable bonds is 3. The molecule has 1 aromatic carbocycles. The fourth-order valence-electron chi connectivity index (χ4n) is 2.68. The van der Waals surface area contributed by atoms with Gasteiger partial charge in [0.2, 0.25) is 0 Å². The third kappa shape index (κ3) is 3.71. The van der Waals surface area contributed by atoms with Crippen molar-refractivity contribution in [1.82, 2.24) is 5.32 Å². The van der Waals surface area contributed by atoms with Crippen molar-refractivity contribution in [3.8, 4) is 0 Å². The van der Waals surface area contributed by atoms with Gasteiger partial charge in [0.1, 0.15) is 0 Å². The SMILES string of the molecule is O=C(NC1CCCCCC1CO)c1ccccc1Cl. The van der Waals surface area contributed by atoms with E-state index >= 15 is 0 Å². The largest absolute Gasteiger partial charge is 0.396 e. The molecule has 0 heterocycles. The van der Waals surface area contributed by atoms with E-state index in [1.165, 1.54) is 6.42 Å². The molecular formula is C15H20ClNO2. The van der Waals surface area contributed by atoms with E-state index in [0.29, 0.717) is 10.6 Å². The summed E-state index contributed by atoms with van der Waals surface area (Å²) in [7, 11) is 0. The van der Waals surface area contributed by atoms with Crippen molar-refractivity contribution in [2.24, 2.45) is 5.92 Å². The Morgan fingerprint density at radius 2 is 2.00 bits per heavy atom. The van der Waals surface area contributed by atoms with Crippen LogP contribution in [-0.2, 0) is 0 Å². The Labute approximate surface area is 119 Å². The molecule has 19 heavy (non-hydrogen) atoms. The zero-order valence-electron chi connectivity index (χ0n) is 10.9. The van der Waals surface area contributed by atoms with Crippen LogP contribution in [0.25, 0.3) is 0 Å². The molecule has 0 aromatic heterocycles. The van der Waals surface area contributed by atoms with Gasteiger partial charge < -0.3 is 10.4 Å². The summed E-state index contributed by atoms with van der Waals surface area (Å²) in [5, 5.41) is 12.9. The first-order valence-electron chi connectivity index (χ1n) is 6.88. The zero-order chi connectivity index (χ0) is 13.7. The van der Waals surface area contributed by atoms with Gasteiger partial charge in [-0.25, -0.2) is 0 Å². The molecule has 1 aliphatic rings. The minimum Gasteiger partial charge on any atom is -0.396 e. The minimum absolute atomic E-state index is 0.0521. The third-order valence-electron chi connectivity index (χ3n) is 3.83. The average molecular weight is 282 g/mol. The predicted octanol–water partition coefficient (Wildman–Crippen LogP) is 3.01. The summed E-state index contributed by atoms with van der Waals surface area (Å²) in [6, 6.07) is 7.10. The smallest absolute Gasteiger partial charge is 0.253 e. The summed E-state index contributed by atoms with van der Waals surface area (Å²) in [6.45, 7) is 0.132. The number of nitrogens with one attached hydrogen (secondary N) is 1. The molecule has 2 atom stereocenters. The van der Waals surface area contributed by atoms with E-state index in [4.69, 9.17) is 11.6 Å². The predicted molar refractivity (Wildman–Crippen MR) is 76.4 cm³/mol. The van der Waals surface area contributed by atoms with E-state index in [2.05, 4.69) is 5.32 Å². The van der Waals surface area contributed by atoms with Crippen LogP contribution in [0.2, 0.25) is 5.02 Å². The summed E-state index contributed by atoms with van der Waals surface area (Å²) in [5.74, 6) is 0.0184. The molecule has 2 rings (SSSR count). The van der Waals surface area contributed by atoms with Gasteiger partial charge >= 0.3 is 0 Å². The van der Waals surface area contributed by atoms with Gasteiger partial charge in [0.05, 0.1) is 10.6 Å². The van der Waals surface area contributed by atoms with Gasteiger partial charge in [-0.2, -0.15) is 0 Å². The molecular weight excluding hydrogens is 262 g/mol. The number of hydrogen-bond donors (Lipinski definition) is 2. The Kier molecular flexibility index (Phi) is 5.23. The van der Waals surface area contributed by atoms with E-state index in [1.807, 2.05) is 0 Å². The van der Waals surface area contributed by atoms with Gasteiger partial charge in [-0.15, -0.1) is 0 Å². The molecule has 0 saturated heterocycles. The summed E-state index contributed by atoms with van der Waals surface area (Å²) in [4.78, 5) is 12.2. The minimum atomic E-state index is -0.143. The highest BCUT2D eigenvalue weighted by Gasteiger charge is 2.25. The number of carbonyl (C=O) groups excluding carboxylic acids is 1. The van der Waals surface area contributed by atoms with E-state index in [0.717, 1.165) is 25.7 Å². The molecule has 2 unspecified atom stereocenters. The monoisotopic (exact) mass is 281 g/mol. The van der Waals surface area contributed by atoms with Crippen molar-refractivity contribution in [2.75, 3.05) is 6.61 Å². The first-order chi connectivity index (χ1) is 9.22. The van der Waals surface area contributed by atoms with E-state index in [-0.39, 0.29) is 24.5 Å². The van der Waals surface area contributed by atoms with Gasteiger partial charge in [0.25, 0.3) is 5.91 Å². The maximum atomic E-state index is 12.2. The summed E-state index contributed by atoms with van der Waals surface area (Å²) in [6.07, 6.45) is 5.31. The number of carbonyl (C=O) groups is 1. The topological polar surface area (TPSA) is 49.3 Å². The van der Waals surface area contributed by atoms with Crippen LogP contribution in [0.15, 0.2) is 24.3 Å². The van der Waals surface area contributed by atoms with Crippen LogP contribution in [0.4, 0.5) is 0 Å². The van der Waals surface area contributed by atoms with Crippen LogP contribution in [-0.4, -0.2) is 23.7 Å². The quantitative estimate of drug-likeness (QED) is 0.837. The van der Waals surface area contributed by atoms with Gasteiger partial charge in [-0.05, 0) is 25.0 Å². The lowest BCUT2D eigenvalue weighted by molar-refractivity contribution is 0.0899. The molecule has 0 aliphatic heterocycles. The Morgan fingerprint density at radius 3 is 2.74 bits per heavy atom. The van der Waals surface area contributed by atoms with Gasteiger partial charge in [-0.1, -0.05) is 43.0 Å². The third-order valence-corrected chi connectivity index (χ3v) is 4.16. The number of halogens is 1. The maximum absolute atomic E-state index is 12.2. The Morgan fingerprint density at radius 1 is 1.26 bits per heavy atom. The molecule has 4 heteroatoms. The first kappa shape index (κ1) is 14.4. The van der Waals surface area contributed by atoms with Crippen molar-refractivity contribution < 1.29 is 9.90 Å². The summed E-state index contributed by atoms with van der Waals surface area (Å²) in [5.41, 5.74) is 0.505. The molecule has 1 aliphatic carbocycles. The Balaban J connectivity index is 2.06. The standard InChI is InChI=1S/C15H20ClNO2/c16-13-8-5-4-7-12(13)15(19)17-14-9-3-1-2-6-11(14)10-18/h4-5,7-8,11,14,18H,1-3,6,9-10H2,(H,17,19). The second-order valence-corrected chi connectivity index (χ2v) is 5.55. The molecule has 0 spiro atoms. The van der Waals surface area contributed by atoms with Gasteiger partial charge in [-0.3, -0.25) is 4.79 Å². The van der Waals surface area contributed by atoms with Crippen LogP contribution >= 0.6 is 11.6 Å². The van der Waals surface area contributed by atoms with Crippen molar-refractivity contribution in [1.29, 1.82) is 0 Å². The molecule has 0 radical (unpaired) electrons. The molecule has 2 N–H and O–H groups in total. The van der Waals surface area contributed by atoms with Crippen LogP contribution in [0.3, 0.4) is 0 Å². The highest BCUT2D eigenvalue weighted by Crippen LogP contribution is 2.24. The summed E-state index contributed by atoms with van der Waals surface area (Å²) >= 11 is 6.03. The van der Waals surface area contributed by atoms with Crippen LogP contribution in [0.1, 0.15) is 42.5 Å². The lowest BCUT2D eigenvalue weighted by Crippen LogP contribution is -2.41. The van der Waals surface area contributed by atoms with E-state index in [9.17, 15) is 9.90 Å². The van der Waals surface area contributed by atoms with Crippen molar-refractivity contribution in [2.45, 2.75) is 38.1 Å². The van der Waals surface area contributed by atoms with E-state index in [1.54, 1.807) is 24.3 Å².